The van der Waals surface area contributed by atoms with Crippen molar-refractivity contribution >= 4 is 45.6 Å². The van der Waals surface area contributed by atoms with Crippen LogP contribution in [0.2, 0.25) is 10.0 Å². The van der Waals surface area contributed by atoms with Crippen LogP contribution in [0.4, 0.5) is 11.5 Å². The number of pyridine rings is 1. The number of H-pyrrole nitrogens is 1. The summed E-state index contributed by atoms with van der Waals surface area (Å²) in [5.41, 5.74) is 7.17. The van der Waals surface area contributed by atoms with Crippen LogP contribution in [0.1, 0.15) is 18.5 Å². The normalized spacial score (nSPS) is 13.6. The molecule has 0 atom stereocenters. The number of anilines is 2. The van der Waals surface area contributed by atoms with Gasteiger partial charge < -0.3 is 15.4 Å². The number of aromatic nitrogens is 4. The van der Waals surface area contributed by atoms with Crippen LogP contribution < -0.4 is 26.6 Å². The summed E-state index contributed by atoms with van der Waals surface area (Å²) in [5, 5.41) is 5.09. The van der Waals surface area contributed by atoms with E-state index in [1.807, 2.05) is 19.1 Å². The molecule has 0 unspecified atom stereocenters. The average Bonchev–Trinajstić information content (AvgIpc) is 3.33. The topological polar surface area (TPSA) is 119 Å². The number of nitrogens with one attached hydrogen (secondary N) is 1. The molecule has 11 heteroatoms. The molecule has 0 saturated carbocycles. The lowest BCUT2D eigenvalue weighted by molar-refractivity contribution is 0.483. The first-order valence-corrected chi connectivity index (χ1v) is 11.4. The van der Waals surface area contributed by atoms with Gasteiger partial charge in [-0.25, -0.2) is 4.79 Å². The van der Waals surface area contributed by atoms with Gasteiger partial charge in [0.05, 0.1) is 21.2 Å². The zero-order valence-corrected chi connectivity index (χ0v) is 19.7. The summed E-state index contributed by atoms with van der Waals surface area (Å²) < 4.78 is 6.97. The number of nitrogens with zero attached hydrogens (tertiary/aromatic N) is 4. The Morgan fingerprint density at radius 1 is 1.06 bits per heavy atom. The quantitative estimate of drug-likeness (QED) is 0.435. The van der Waals surface area contributed by atoms with Crippen LogP contribution in [0, 0.1) is 6.92 Å². The van der Waals surface area contributed by atoms with Crippen LogP contribution in [-0.4, -0.2) is 32.8 Å². The molecule has 4 aromatic rings. The Hall–Kier alpha value is -3.56. The van der Waals surface area contributed by atoms with E-state index in [0.29, 0.717) is 5.75 Å². The summed E-state index contributed by atoms with van der Waals surface area (Å²) in [6.07, 6.45) is 2.32. The van der Waals surface area contributed by atoms with E-state index in [-0.39, 0.29) is 27.3 Å². The molecule has 174 valence electrons. The third-order valence-electron chi connectivity index (χ3n) is 5.63. The maximum absolute atomic E-state index is 12.1. The van der Waals surface area contributed by atoms with Crippen molar-refractivity contribution in [2.24, 2.45) is 0 Å². The number of hydrogen-bond acceptors (Lipinski definition) is 7. The molecule has 34 heavy (non-hydrogen) atoms. The van der Waals surface area contributed by atoms with Gasteiger partial charge in [0.1, 0.15) is 5.75 Å². The van der Waals surface area contributed by atoms with Gasteiger partial charge in [-0.05, 0) is 56.2 Å². The Morgan fingerprint density at radius 2 is 1.76 bits per heavy atom. The summed E-state index contributed by atoms with van der Waals surface area (Å²) in [5.74, 6) is 0.402. The van der Waals surface area contributed by atoms with E-state index < -0.39 is 11.2 Å². The van der Waals surface area contributed by atoms with Crippen molar-refractivity contribution in [1.82, 2.24) is 19.7 Å². The molecule has 1 aliphatic heterocycles. The van der Waals surface area contributed by atoms with Crippen molar-refractivity contribution < 1.29 is 4.74 Å². The monoisotopic (exact) mass is 498 g/mol. The lowest BCUT2D eigenvalue weighted by atomic mass is 10.1. The predicted molar refractivity (Wildman–Crippen MR) is 133 cm³/mol. The molecule has 5 rings (SSSR count). The molecule has 1 saturated heterocycles. The first-order chi connectivity index (χ1) is 16.3. The Morgan fingerprint density at radius 3 is 2.47 bits per heavy atom. The molecule has 2 aromatic carbocycles. The number of nitrogens with two attached hydrogens (primary N) is 1. The SMILES string of the molecule is Cc1cc(N2CCCC2)c2cc(Oc3c(Cl)cc(-n4nc(N)c(=O)[nH]c4=O)cc3Cl)ccc2n1. The summed E-state index contributed by atoms with van der Waals surface area (Å²) >= 11 is 12.9. The van der Waals surface area contributed by atoms with E-state index >= 15 is 0 Å². The third kappa shape index (κ3) is 4.08. The van der Waals surface area contributed by atoms with Gasteiger partial charge in [-0.1, -0.05) is 23.2 Å². The van der Waals surface area contributed by atoms with Crippen molar-refractivity contribution in [2.45, 2.75) is 19.8 Å². The van der Waals surface area contributed by atoms with Crippen LogP contribution >= 0.6 is 23.2 Å². The number of aromatic amines is 1. The van der Waals surface area contributed by atoms with Gasteiger partial charge in [0, 0.05) is 29.9 Å². The molecule has 1 aliphatic rings. The van der Waals surface area contributed by atoms with E-state index in [0.717, 1.165) is 52.9 Å². The molecular formula is C23H20Cl2N6O3. The van der Waals surface area contributed by atoms with E-state index in [2.05, 4.69) is 26.0 Å². The second-order valence-electron chi connectivity index (χ2n) is 8.05. The van der Waals surface area contributed by atoms with E-state index in [1.54, 1.807) is 6.07 Å². The van der Waals surface area contributed by atoms with Crippen molar-refractivity contribution in [3.63, 3.8) is 0 Å². The first-order valence-electron chi connectivity index (χ1n) is 10.6. The molecule has 9 nitrogen and oxygen atoms in total. The highest BCUT2D eigenvalue weighted by Crippen LogP contribution is 2.39. The van der Waals surface area contributed by atoms with Crippen molar-refractivity contribution in [1.29, 1.82) is 0 Å². The summed E-state index contributed by atoms with van der Waals surface area (Å²) in [6.45, 7) is 4.00. The molecular weight excluding hydrogens is 479 g/mol. The molecule has 2 aromatic heterocycles. The van der Waals surface area contributed by atoms with Crippen LogP contribution in [0.3, 0.4) is 0 Å². The van der Waals surface area contributed by atoms with E-state index in [4.69, 9.17) is 33.7 Å². The highest BCUT2D eigenvalue weighted by molar-refractivity contribution is 6.37. The maximum Gasteiger partial charge on any atom is 0.349 e. The summed E-state index contributed by atoms with van der Waals surface area (Å²) in [4.78, 5) is 32.7. The smallest absolute Gasteiger partial charge is 0.349 e. The molecule has 0 bridgehead atoms. The van der Waals surface area contributed by atoms with Crippen LogP contribution in [0.5, 0.6) is 11.5 Å². The van der Waals surface area contributed by atoms with Gasteiger partial charge in [-0.15, -0.1) is 5.10 Å². The number of rotatable bonds is 4. The molecule has 1 fully saturated rings. The van der Waals surface area contributed by atoms with Crippen molar-refractivity contribution in [3.8, 4) is 17.2 Å². The Labute approximate surface area is 203 Å². The zero-order chi connectivity index (χ0) is 24.0. The fourth-order valence-electron chi connectivity index (χ4n) is 4.07. The lowest BCUT2D eigenvalue weighted by Gasteiger charge is -2.21. The highest BCUT2D eigenvalue weighted by Gasteiger charge is 2.18. The number of hydrogen-bond donors (Lipinski definition) is 2. The fraction of sp³-hybridized carbons (Fsp3) is 0.217. The Bertz CT molecular complexity index is 1520. The van der Waals surface area contributed by atoms with Crippen LogP contribution in [0.15, 0.2) is 46.0 Å². The predicted octanol–water partition coefficient (Wildman–Crippen LogP) is 4.06. The molecule has 3 heterocycles. The fourth-order valence-corrected chi connectivity index (χ4v) is 4.62. The van der Waals surface area contributed by atoms with Gasteiger partial charge in [0.15, 0.2) is 5.75 Å². The molecule has 3 N–H and O–H groups in total. The van der Waals surface area contributed by atoms with Gasteiger partial charge in [-0.2, -0.15) is 4.68 Å². The second kappa shape index (κ2) is 8.66. The highest BCUT2D eigenvalue weighted by atomic mass is 35.5. The number of fused-ring (bicyclic) bond motifs is 1. The largest absolute Gasteiger partial charge is 0.454 e. The van der Waals surface area contributed by atoms with Gasteiger partial charge in [0.25, 0.3) is 5.56 Å². The third-order valence-corrected chi connectivity index (χ3v) is 6.20. The zero-order valence-electron chi connectivity index (χ0n) is 18.1. The van der Waals surface area contributed by atoms with Gasteiger partial charge in [-0.3, -0.25) is 14.8 Å². The minimum atomic E-state index is -0.772. The molecule has 0 aliphatic carbocycles. The van der Waals surface area contributed by atoms with Crippen LogP contribution in [0.25, 0.3) is 16.6 Å². The van der Waals surface area contributed by atoms with Crippen molar-refractivity contribution in [3.05, 3.63) is 73.0 Å². The Balaban J connectivity index is 1.53. The number of nitrogen functional groups attached to an aromatic ring is 1. The molecule has 0 amide bonds. The minimum Gasteiger partial charge on any atom is -0.454 e. The van der Waals surface area contributed by atoms with Gasteiger partial charge >= 0.3 is 5.69 Å². The standard InChI is InChI=1S/C23H20Cl2N6O3/c1-12-8-19(30-6-2-3-7-30)15-11-14(4-5-18(15)27-12)34-20-16(24)9-13(10-17(20)25)31-23(33)28-22(32)21(26)29-31/h4-5,8-11H,2-3,6-7H2,1H3,(H2,26,29)(H,28,32,33). The molecule has 0 spiro atoms. The van der Waals surface area contributed by atoms with Crippen LogP contribution in [-0.2, 0) is 0 Å². The lowest BCUT2D eigenvalue weighted by Crippen LogP contribution is -2.33. The number of ether oxygens (including phenoxy) is 1. The first kappa shape index (κ1) is 22.2. The van der Waals surface area contributed by atoms with E-state index in [1.165, 1.54) is 12.1 Å². The second-order valence-corrected chi connectivity index (χ2v) is 8.87. The average molecular weight is 499 g/mol. The Kier molecular flexibility index (Phi) is 5.66. The van der Waals surface area contributed by atoms with Crippen molar-refractivity contribution in [2.75, 3.05) is 23.7 Å². The number of benzene rings is 2. The van der Waals surface area contributed by atoms with E-state index in [9.17, 15) is 9.59 Å². The minimum absolute atomic E-state index is 0.155. The summed E-state index contributed by atoms with van der Waals surface area (Å²) in [7, 11) is 0. The maximum atomic E-state index is 12.1. The molecule has 0 radical (unpaired) electrons. The number of aryl methyl sites for hydroxylation is 1. The van der Waals surface area contributed by atoms with Gasteiger partial charge in [0.2, 0.25) is 5.82 Å². The number of halogens is 2. The summed E-state index contributed by atoms with van der Waals surface area (Å²) in [6, 6.07) is 10.6.